The number of rotatable bonds is 5. The van der Waals surface area contributed by atoms with Crippen molar-refractivity contribution in [2.24, 2.45) is 5.92 Å². The molecule has 29 heavy (non-hydrogen) atoms. The van der Waals surface area contributed by atoms with E-state index in [9.17, 15) is 9.90 Å². The maximum atomic E-state index is 10.9. The second-order valence-electron chi connectivity index (χ2n) is 7.28. The Labute approximate surface area is 169 Å². The lowest BCUT2D eigenvalue weighted by Gasteiger charge is -2.32. The summed E-state index contributed by atoms with van der Waals surface area (Å²) < 4.78 is 0. The molecule has 1 aliphatic rings. The summed E-state index contributed by atoms with van der Waals surface area (Å²) in [6.45, 7) is 3.43. The number of aryl methyl sites for hydroxylation is 1. The van der Waals surface area contributed by atoms with Gasteiger partial charge >= 0.3 is 0 Å². The maximum absolute atomic E-state index is 10.9. The highest BCUT2D eigenvalue weighted by atomic mass is 16.3. The minimum Gasteiger partial charge on any atom is -0.504 e. The van der Waals surface area contributed by atoms with E-state index < -0.39 is 0 Å². The van der Waals surface area contributed by atoms with E-state index in [2.05, 4.69) is 24.8 Å². The fourth-order valence-electron chi connectivity index (χ4n) is 3.65. The molecule has 3 heterocycles. The molecule has 1 N–H and O–H groups in total. The van der Waals surface area contributed by atoms with E-state index in [0.717, 1.165) is 43.0 Å². The van der Waals surface area contributed by atoms with E-state index in [0.29, 0.717) is 23.9 Å². The van der Waals surface area contributed by atoms with Crippen LogP contribution in [0.15, 0.2) is 42.7 Å². The lowest BCUT2D eigenvalue weighted by atomic mass is 9.93. The minimum absolute atomic E-state index is 0.0567. The van der Waals surface area contributed by atoms with E-state index in [-0.39, 0.29) is 11.4 Å². The van der Waals surface area contributed by atoms with Crippen molar-refractivity contribution in [3.63, 3.8) is 0 Å². The van der Waals surface area contributed by atoms with Crippen LogP contribution in [0, 0.1) is 12.8 Å². The molecule has 2 aromatic heterocycles. The Bertz CT molecular complexity index is 984. The monoisotopic (exact) mass is 388 g/mol. The molecule has 0 amide bonds. The summed E-state index contributed by atoms with van der Waals surface area (Å²) in [5.74, 6) is 1.71. The summed E-state index contributed by atoms with van der Waals surface area (Å²) >= 11 is 0. The van der Waals surface area contributed by atoms with Gasteiger partial charge < -0.3 is 10.0 Å². The van der Waals surface area contributed by atoms with Crippen LogP contribution >= 0.6 is 0 Å². The molecule has 0 spiro atoms. The first-order chi connectivity index (χ1) is 14.1. The quantitative estimate of drug-likeness (QED) is 0.718. The highest BCUT2D eigenvalue weighted by Crippen LogP contribution is 2.26. The molecule has 1 radical (unpaired) electrons. The first-order valence-electron chi connectivity index (χ1n) is 9.71. The summed E-state index contributed by atoms with van der Waals surface area (Å²) in [6.07, 6.45) is 7.98. The van der Waals surface area contributed by atoms with Gasteiger partial charge in [-0.1, -0.05) is 30.3 Å². The predicted octanol–water partition coefficient (Wildman–Crippen LogP) is 2.86. The summed E-state index contributed by atoms with van der Waals surface area (Å²) in [4.78, 5) is 30.8. The number of hydrogen-bond acceptors (Lipinski definition) is 7. The van der Waals surface area contributed by atoms with Gasteiger partial charge in [-0.15, -0.1) is 0 Å². The Hall–Kier alpha value is -3.35. The summed E-state index contributed by atoms with van der Waals surface area (Å²) in [6, 6.07) is 10.0. The van der Waals surface area contributed by atoms with Crippen molar-refractivity contribution in [2.45, 2.75) is 26.2 Å². The van der Waals surface area contributed by atoms with Gasteiger partial charge in [-0.2, -0.15) is 0 Å². The third-order valence-electron chi connectivity index (χ3n) is 5.32. The lowest BCUT2D eigenvalue weighted by Crippen LogP contribution is -2.35. The Kier molecular flexibility index (Phi) is 5.46. The predicted molar refractivity (Wildman–Crippen MR) is 109 cm³/mol. The zero-order chi connectivity index (χ0) is 20.2. The van der Waals surface area contributed by atoms with E-state index in [1.807, 2.05) is 42.7 Å². The number of anilines is 1. The van der Waals surface area contributed by atoms with Gasteiger partial charge in [0.2, 0.25) is 0 Å². The molecule has 1 aliphatic heterocycles. The minimum atomic E-state index is -0.184. The third kappa shape index (κ3) is 4.23. The van der Waals surface area contributed by atoms with Gasteiger partial charge in [-0.25, -0.2) is 15.0 Å². The van der Waals surface area contributed by atoms with Crippen molar-refractivity contribution in [1.82, 2.24) is 19.9 Å². The first kappa shape index (κ1) is 19.0. The van der Waals surface area contributed by atoms with Crippen molar-refractivity contribution >= 4 is 12.1 Å². The smallest absolute Gasteiger partial charge is 0.257 e. The third-order valence-corrected chi connectivity index (χ3v) is 5.32. The molecule has 0 bridgehead atoms. The van der Waals surface area contributed by atoms with Crippen LogP contribution in [0.5, 0.6) is 5.75 Å². The summed E-state index contributed by atoms with van der Waals surface area (Å²) in [5, 5.41) is 9.77. The van der Waals surface area contributed by atoms with Crippen molar-refractivity contribution in [3.05, 3.63) is 59.9 Å². The second kappa shape index (κ2) is 8.34. The molecule has 3 aromatic rings. The number of benzene rings is 1. The Morgan fingerprint density at radius 1 is 1.10 bits per heavy atom. The Morgan fingerprint density at radius 3 is 2.52 bits per heavy atom. The number of aromatic nitrogens is 4. The molecule has 1 fully saturated rings. The highest BCUT2D eigenvalue weighted by Gasteiger charge is 2.22. The van der Waals surface area contributed by atoms with Crippen LogP contribution in [0.1, 0.15) is 30.1 Å². The largest absolute Gasteiger partial charge is 0.504 e. The van der Waals surface area contributed by atoms with Crippen LogP contribution in [0.25, 0.3) is 11.3 Å². The van der Waals surface area contributed by atoms with Gasteiger partial charge in [0, 0.05) is 25.1 Å². The molecule has 7 nitrogen and oxygen atoms in total. The average molecular weight is 388 g/mol. The number of piperidine rings is 1. The molecule has 1 saturated heterocycles. The normalized spacial score (nSPS) is 14.7. The summed E-state index contributed by atoms with van der Waals surface area (Å²) in [7, 11) is 0. The lowest BCUT2D eigenvalue weighted by molar-refractivity contribution is 0.393. The van der Waals surface area contributed by atoms with E-state index in [1.165, 1.54) is 0 Å². The topological polar surface area (TPSA) is 92.1 Å². The number of aromatic hydroxyl groups is 1. The maximum Gasteiger partial charge on any atom is 0.257 e. The van der Waals surface area contributed by atoms with Gasteiger partial charge in [0.05, 0.1) is 23.8 Å². The van der Waals surface area contributed by atoms with Gasteiger partial charge in [0.25, 0.3) is 6.29 Å². The zero-order valence-electron chi connectivity index (χ0n) is 16.2. The van der Waals surface area contributed by atoms with Crippen molar-refractivity contribution < 1.29 is 9.90 Å². The van der Waals surface area contributed by atoms with Gasteiger partial charge in [-0.05, 0) is 25.7 Å². The number of carbonyl (C=O) groups excluding carboxylic acids is 1. The Morgan fingerprint density at radius 2 is 1.86 bits per heavy atom. The fourth-order valence-corrected chi connectivity index (χ4v) is 3.65. The molecule has 0 saturated carbocycles. The molecule has 1 aromatic carbocycles. The molecule has 4 rings (SSSR count). The molecular formula is C22H22N5O2. The standard InChI is InChI=1S/C22H22N5O2/c1-15-22(29)19(14-28)26-20(25-15)11-16-7-9-27(10-8-16)21-13-23-18(12-24-21)17-5-3-2-4-6-17/h2-6,12-13,16,29H,7-11H2,1H3. The van der Waals surface area contributed by atoms with Crippen molar-refractivity contribution in [1.29, 1.82) is 0 Å². The van der Waals surface area contributed by atoms with E-state index in [1.54, 1.807) is 13.2 Å². The molecular weight excluding hydrogens is 366 g/mol. The van der Waals surface area contributed by atoms with E-state index >= 15 is 0 Å². The van der Waals surface area contributed by atoms with Crippen molar-refractivity contribution in [2.75, 3.05) is 18.0 Å². The fraction of sp³-hybridized carbons (Fsp3) is 0.318. The van der Waals surface area contributed by atoms with Crippen molar-refractivity contribution in [3.8, 4) is 17.0 Å². The molecule has 147 valence electrons. The number of nitrogens with zero attached hydrogens (tertiary/aromatic N) is 5. The van der Waals surface area contributed by atoms with Crippen LogP contribution in [0.4, 0.5) is 5.82 Å². The molecule has 0 atom stereocenters. The highest BCUT2D eigenvalue weighted by molar-refractivity contribution is 5.76. The average Bonchev–Trinajstić information content (AvgIpc) is 2.77. The Balaban J connectivity index is 1.37. The SMILES string of the molecule is Cc1nc(CC2CCN(c3cnc(-c4ccccc4)cn3)CC2)nc([C]=O)c1O. The zero-order valence-corrected chi connectivity index (χ0v) is 16.2. The number of hydrogen-bond donors (Lipinski definition) is 1. The van der Waals surface area contributed by atoms with Gasteiger partial charge in [0.1, 0.15) is 11.6 Å². The van der Waals surface area contributed by atoms with Gasteiger partial charge in [0.15, 0.2) is 11.4 Å². The van der Waals surface area contributed by atoms with Crippen LogP contribution in [-0.2, 0) is 11.2 Å². The van der Waals surface area contributed by atoms with Gasteiger partial charge in [-0.3, -0.25) is 9.78 Å². The van der Waals surface area contributed by atoms with Crippen LogP contribution in [0.3, 0.4) is 0 Å². The summed E-state index contributed by atoms with van der Waals surface area (Å²) in [5.41, 5.74) is 2.28. The molecule has 0 unspecified atom stereocenters. The second-order valence-corrected chi connectivity index (χ2v) is 7.28. The molecule has 0 aliphatic carbocycles. The van der Waals surface area contributed by atoms with Crippen LogP contribution in [0.2, 0.25) is 0 Å². The van der Waals surface area contributed by atoms with Crippen LogP contribution < -0.4 is 4.90 Å². The molecule has 7 heteroatoms. The first-order valence-corrected chi connectivity index (χ1v) is 9.71. The van der Waals surface area contributed by atoms with E-state index in [4.69, 9.17) is 0 Å². The van der Waals surface area contributed by atoms with Crippen LogP contribution in [-0.4, -0.2) is 44.4 Å².